The highest BCUT2D eigenvalue weighted by Gasteiger charge is 2.09. The minimum atomic E-state index is -2.82. The zero-order chi connectivity index (χ0) is 18.7. The first-order valence-corrected chi connectivity index (χ1v) is 8.29. The molecule has 5 heteroatoms. The van der Waals surface area contributed by atoms with Gasteiger partial charge in [-0.1, -0.05) is 17.7 Å². The fourth-order valence-corrected chi connectivity index (χ4v) is 2.87. The van der Waals surface area contributed by atoms with Gasteiger partial charge in [-0.2, -0.15) is 8.78 Å². The molecular weight excluding hydrogens is 334 g/mol. The standard InChI is InChI=1S/C21H20F2N2O/c1-14-4-8-19(9-5-14)25-15(2)12-17(16(25)3)13-24-18-6-10-20(11-7-18)26-21(22)23/h4-13,21H,1-3H3. The molecule has 0 atom stereocenters. The Hall–Kier alpha value is -2.95. The summed E-state index contributed by atoms with van der Waals surface area (Å²) in [6, 6.07) is 16.7. The van der Waals surface area contributed by atoms with Gasteiger partial charge in [0.05, 0.1) is 5.69 Å². The summed E-state index contributed by atoms with van der Waals surface area (Å²) in [6.45, 7) is 3.35. The van der Waals surface area contributed by atoms with Crippen LogP contribution in [0.1, 0.15) is 22.5 Å². The van der Waals surface area contributed by atoms with Gasteiger partial charge >= 0.3 is 6.61 Å². The number of alkyl halides is 2. The van der Waals surface area contributed by atoms with Gasteiger partial charge in [0.2, 0.25) is 0 Å². The molecule has 0 aliphatic heterocycles. The monoisotopic (exact) mass is 354 g/mol. The molecule has 3 rings (SSSR count). The lowest BCUT2D eigenvalue weighted by Gasteiger charge is -2.09. The van der Waals surface area contributed by atoms with Crippen LogP contribution in [-0.4, -0.2) is 17.4 Å². The number of hydrogen-bond donors (Lipinski definition) is 0. The summed E-state index contributed by atoms with van der Waals surface area (Å²) in [5.41, 5.74) is 6.22. The molecule has 3 aromatic rings. The van der Waals surface area contributed by atoms with E-state index in [1.165, 1.54) is 17.7 Å². The predicted octanol–water partition coefficient (Wildman–Crippen LogP) is 5.75. The average molecular weight is 354 g/mol. The Bertz CT molecular complexity index is 910. The van der Waals surface area contributed by atoms with Gasteiger partial charge in [-0.15, -0.1) is 0 Å². The molecule has 26 heavy (non-hydrogen) atoms. The van der Waals surface area contributed by atoms with Crippen LogP contribution in [0.4, 0.5) is 14.5 Å². The van der Waals surface area contributed by atoms with Crippen molar-refractivity contribution in [3.05, 3.63) is 77.1 Å². The van der Waals surface area contributed by atoms with Crippen LogP contribution in [0.15, 0.2) is 59.6 Å². The van der Waals surface area contributed by atoms with Gasteiger partial charge in [0.25, 0.3) is 0 Å². The maximum absolute atomic E-state index is 12.2. The molecule has 3 nitrogen and oxygen atoms in total. The van der Waals surface area contributed by atoms with Crippen LogP contribution in [0.3, 0.4) is 0 Å². The van der Waals surface area contributed by atoms with Gasteiger partial charge < -0.3 is 9.30 Å². The van der Waals surface area contributed by atoms with Crippen LogP contribution < -0.4 is 4.74 Å². The Labute approximate surface area is 151 Å². The van der Waals surface area contributed by atoms with E-state index < -0.39 is 6.61 Å². The third-order valence-electron chi connectivity index (χ3n) is 4.18. The second kappa shape index (κ2) is 7.52. The molecular formula is C21H20F2N2O. The van der Waals surface area contributed by atoms with Crippen molar-refractivity contribution in [3.8, 4) is 11.4 Å². The first kappa shape index (κ1) is 17.9. The van der Waals surface area contributed by atoms with Crippen LogP contribution in [0, 0.1) is 20.8 Å². The fourth-order valence-electron chi connectivity index (χ4n) is 2.87. The van der Waals surface area contributed by atoms with Crippen LogP contribution in [0.5, 0.6) is 5.75 Å². The molecule has 1 aromatic heterocycles. The maximum Gasteiger partial charge on any atom is 0.387 e. The Morgan fingerprint density at radius 1 is 0.962 bits per heavy atom. The van der Waals surface area contributed by atoms with Crippen LogP contribution in [-0.2, 0) is 0 Å². The van der Waals surface area contributed by atoms with Crippen molar-refractivity contribution in [1.29, 1.82) is 0 Å². The van der Waals surface area contributed by atoms with Crippen LogP contribution in [0.2, 0.25) is 0 Å². The number of aryl methyl sites for hydroxylation is 2. The Balaban J connectivity index is 1.83. The van der Waals surface area contributed by atoms with E-state index >= 15 is 0 Å². The quantitative estimate of drug-likeness (QED) is 0.536. The van der Waals surface area contributed by atoms with Crippen molar-refractivity contribution < 1.29 is 13.5 Å². The Morgan fingerprint density at radius 2 is 1.62 bits per heavy atom. The lowest BCUT2D eigenvalue weighted by molar-refractivity contribution is -0.0498. The zero-order valence-corrected chi connectivity index (χ0v) is 14.9. The van der Waals surface area contributed by atoms with Crippen molar-refractivity contribution in [2.45, 2.75) is 27.4 Å². The minimum absolute atomic E-state index is 0.122. The topological polar surface area (TPSA) is 26.5 Å². The lowest BCUT2D eigenvalue weighted by atomic mass is 10.2. The highest BCUT2D eigenvalue weighted by Crippen LogP contribution is 2.22. The summed E-state index contributed by atoms with van der Waals surface area (Å²) in [5, 5.41) is 0. The molecule has 1 heterocycles. The van der Waals surface area contributed by atoms with Crippen molar-refractivity contribution >= 4 is 11.9 Å². The largest absolute Gasteiger partial charge is 0.435 e. The molecule has 0 saturated heterocycles. The van der Waals surface area contributed by atoms with Gasteiger partial charge in [-0.3, -0.25) is 4.99 Å². The summed E-state index contributed by atoms with van der Waals surface area (Å²) >= 11 is 0. The predicted molar refractivity (Wildman–Crippen MR) is 100 cm³/mol. The van der Waals surface area contributed by atoms with E-state index in [1.54, 1.807) is 18.3 Å². The Kier molecular flexibility index (Phi) is 5.16. The van der Waals surface area contributed by atoms with Crippen molar-refractivity contribution in [1.82, 2.24) is 4.57 Å². The molecule has 0 N–H and O–H groups in total. The number of hydrogen-bond acceptors (Lipinski definition) is 2. The van der Waals surface area contributed by atoms with E-state index in [2.05, 4.69) is 58.5 Å². The number of aliphatic imine (C=N–C) groups is 1. The maximum atomic E-state index is 12.2. The Morgan fingerprint density at radius 3 is 2.23 bits per heavy atom. The van der Waals surface area contributed by atoms with Crippen molar-refractivity contribution in [2.75, 3.05) is 0 Å². The first-order chi connectivity index (χ1) is 12.4. The molecule has 0 radical (unpaired) electrons. The average Bonchev–Trinajstić information content (AvgIpc) is 2.89. The van der Waals surface area contributed by atoms with Gasteiger partial charge in [0.1, 0.15) is 5.75 Å². The molecule has 0 aliphatic rings. The third-order valence-corrected chi connectivity index (χ3v) is 4.18. The molecule has 0 aliphatic carbocycles. The van der Waals surface area contributed by atoms with Crippen LogP contribution in [0.25, 0.3) is 5.69 Å². The summed E-state index contributed by atoms with van der Waals surface area (Å²) in [7, 11) is 0. The number of ether oxygens (including phenoxy) is 1. The SMILES string of the molecule is Cc1ccc(-n2c(C)cc(C=Nc3ccc(OC(F)F)cc3)c2C)cc1. The van der Waals surface area contributed by atoms with Crippen molar-refractivity contribution in [3.63, 3.8) is 0 Å². The summed E-state index contributed by atoms with van der Waals surface area (Å²) < 4.78 is 30.9. The highest BCUT2D eigenvalue weighted by molar-refractivity contribution is 5.84. The van der Waals surface area contributed by atoms with E-state index in [0.717, 1.165) is 22.6 Å². The van der Waals surface area contributed by atoms with E-state index in [0.29, 0.717) is 5.69 Å². The van der Waals surface area contributed by atoms with Gasteiger partial charge in [-0.25, -0.2) is 0 Å². The lowest BCUT2D eigenvalue weighted by Crippen LogP contribution is -2.01. The summed E-state index contributed by atoms with van der Waals surface area (Å²) in [6.07, 6.45) is 1.79. The first-order valence-electron chi connectivity index (χ1n) is 8.29. The highest BCUT2D eigenvalue weighted by atomic mass is 19.3. The number of halogens is 2. The third kappa shape index (κ3) is 3.99. The van der Waals surface area contributed by atoms with E-state index in [9.17, 15) is 8.78 Å². The molecule has 0 bridgehead atoms. The van der Waals surface area contributed by atoms with Gasteiger partial charge in [-0.05, 0) is 63.2 Å². The smallest absolute Gasteiger partial charge is 0.387 e. The molecule has 0 spiro atoms. The van der Waals surface area contributed by atoms with E-state index in [-0.39, 0.29) is 5.75 Å². The number of nitrogens with zero attached hydrogens (tertiary/aromatic N) is 2. The minimum Gasteiger partial charge on any atom is -0.435 e. The molecule has 0 unspecified atom stereocenters. The summed E-state index contributed by atoms with van der Waals surface area (Å²) in [5.74, 6) is 0.122. The summed E-state index contributed by atoms with van der Waals surface area (Å²) in [4.78, 5) is 4.44. The zero-order valence-electron chi connectivity index (χ0n) is 14.9. The normalized spacial score (nSPS) is 11.5. The number of rotatable bonds is 5. The molecule has 0 amide bonds. The number of aromatic nitrogens is 1. The van der Waals surface area contributed by atoms with Gasteiger partial charge in [0, 0.05) is 28.9 Å². The number of benzene rings is 2. The van der Waals surface area contributed by atoms with Crippen LogP contribution >= 0.6 is 0 Å². The fraction of sp³-hybridized carbons (Fsp3) is 0.190. The van der Waals surface area contributed by atoms with E-state index in [4.69, 9.17) is 0 Å². The second-order valence-corrected chi connectivity index (χ2v) is 6.13. The molecule has 0 fully saturated rings. The second-order valence-electron chi connectivity index (χ2n) is 6.13. The molecule has 2 aromatic carbocycles. The van der Waals surface area contributed by atoms with Gasteiger partial charge in [0.15, 0.2) is 0 Å². The van der Waals surface area contributed by atoms with Crippen molar-refractivity contribution in [2.24, 2.45) is 4.99 Å². The van der Waals surface area contributed by atoms with E-state index in [1.807, 2.05) is 6.92 Å². The molecule has 134 valence electrons. The molecule has 0 saturated carbocycles.